The smallest absolute Gasteiger partial charge is 0.327 e. The Hall–Kier alpha value is -2.34. The number of aromatic amines is 1. The Balaban J connectivity index is 1.97. The van der Waals surface area contributed by atoms with Crippen LogP contribution in [0.5, 0.6) is 0 Å². The fourth-order valence-electron chi connectivity index (χ4n) is 2.72. The molecule has 8 nitrogen and oxygen atoms in total. The summed E-state index contributed by atoms with van der Waals surface area (Å²) in [6.07, 6.45) is -4.69. The van der Waals surface area contributed by atoms with E-state index < -0.39 is 35.5 Å². The molecular formula is C15H14ClF3N6O2S. The highest BCUT2D eigenvalue weighted by atomic mass is 35.5. The number of alkyl halides is 4. The van der Waals surface area contributed by atoms with Gasteiger partial charge in [0.2, 0.25) is 5.91 Å². The lowest BCUT2D eigenvalue weighted by Gasteiger charge is -2.33. The topological polar surface area (TPSA) is 104 Å². The number of nitrogens with one attached hydrogen (secondary N) is 2. The van der Waals surface area contributed by atoms with E-state index in [2.05, 4.69) is 25.9 Å². The number of thioether (sulfide) groups is 1. The Morgan fingerprint density at radius 3 is 2.79 bits per heavy atom. The molecule has 0 aliphatic carbocycles. The molecule has 1 aromatic carbocycles. The van der Waals surface area contributed by atoms with Crippen molar-refractivity contribution in [1.82, 2.24) is 25.5 Å². The number of anilines is 1. The Bertz CT molecular complexity index is 864. The molecule has 13 heteroatoms. The maximum Gasteiger partial charge on any atom is 0.416 e. The molecule has 2 amide bonds. The number of rotatable bonds is 4. The molecule has 28 heavy (non-hydrogen) atoms. The lowest BCUT2D eigenvalue weighted by molar-refractivity contribution is -0.137. The van der Waals surface area contributed by atoms with Crippen LogP contribution >= 0.6 is 23.4 Å². The lowest BCUT2D eigenvalue weighted by Crippen LogP contribution is -2.41. The molecule has 1 aliphatic heterocycles. The van der Waals surface area contributed by atoms with Crippen LogP contribution in [-0.4, -0.2) is 61.3 Å². The van der Waals surface area contributed by atoms with Crippen LogP contribution in [0.2, 0.25) is 0 Å². The first-order valence-corrected chi connectivity index (χ1v) is 9.68. The van der Waals surface area contributed by atoms with E-state index in [1.165, 1.54) is 11.0 Å². The minimum absolute atomic E-state index is 0.161. The van der Waals surface area contributed by atoms with Gasteiger partial charge in [0, 0.05) is 29.3 Å². The number of carbonyl (C=O) groups excluding carboxylic acids is 2. The molecular weight excluding hydrogens is 421 g/mol. The van der Waals surface area contributed by atoms with E-state index in [0.717, 1.165) is 12.1 Å². The van der Waals surface area contributed by atoms with Gasteiger partial charge in [-0.05, 0) is 18.2 Å². The van der Waals surface area contributed by atoms with Crippen LogP contribution in [0.3, 0.4) is 0 Å². The number of amides is 2. The van der Waals surface area contributed by atoms with Gasteiger partial charge in [0.05, 0.1) is 5.56 Å². The monoisotopic (exact) mass is 434 g/mol. The van der Waals surface area contributed by atoms with E-state index >= 15 is 0 Å². The second-order valence-corrected chi connectivity index (χ2v) is 7.25. The first-order chi connectivity index (χ1) is 13.3. The average Bonchev–Trinajstić information content (AvgIpc) is 3.21. The van der Waals surface area contributed by atoms with Gasteiger partial charge >= 0.3 is 6.18 Å². The number of H-pyrrole nitrogens is 1. The van der Waals surface area contributed by atoms with Crippen molar-refractivity contribution in [3.63, 3.8) is 0 Å². The van der Waals surface area contributed by atoms with E-state index in [9.17, 15) is 22.8 Å². The highest BCUT2D eigenvalue weighted by Crippen LogP contribution is 2.34. The summed E-state index contributed by atoms with van der Waals surface area (Å²) >= 11 is 6.97. The molecule has 1 atom stereocenters. The minimum atomic E-state index is -4.69. The fraction of sp³-hybridized carbons (Fsp3) is 0.400. The molecule has 0 spiro atoms. The molecule has 3 rings (SSSR count). The van der Waals surface area contributed by atoms with Gasteiger partial charge in [0.1, 0.15) is 11.9 Å². The Morgan fingerprint density at radius 1 is 1.36 bits per heavy atom. The highest BCUT2D eigenvalue weighted by molar-refractivity contribution is 7.99. The molecule has 0 bridgehead atoms. The van der Waals surface area contributed by atoms with Crippen molar-refractivity contribution in [1.29, 1.82) is 0 Å². The number of hydrogen-bond donors (Lipinski definition) is 2. The van der Waals surface area contributed by atoms with Crippen LogP contribution in [0.25, 0.3) is 0 Å². The van der Waals surface area contributed by atoms with Crippen molar-refractivity contribution in [3.8, 4) is 0 Å². The van der Waals surface area contributed by atoms with E-state index in [1.807, 2.05) is 0 Å². The van der Waals surface area contributed by atoms with Gasteiger partial charge in [-0.1, -0.05) is 5.21 Å². The quantitative estimate of drug-likeness (QED) is 0.716. The van der Waals surface area contributed by atoms with E-state index in [-0.39, 0.29) is 17.1 Å². The molecule has 0 radical (unpaired) electrons. The zero-order valence-corrected chi connectivity index (χ0v) is 15.7. The van der Waals surface area contributed by atoms with Crippen molar-refractivity contribution < 1.29 is 22.8 Å². The third kappa shape index (κ3) is 4.55. The van der Waals surface area contributed by atoms with Crippen LogP contribution in [0.1, 0.15) is 27.8 Å². The molecule has 0 saturated carbocycles. The van der Waals surface area contributed by atoms with Gasteiger partial charge in [-0.3, -0.25) is 9.59 Å². The lowest BCUT2D eigenvalue weighted by atomic mass is 10.1. The second kappa shape index (κ2) is 8.35. The van der Waals surface area contributed by atoms with Crippen LogP contribution in [0.15, 0.2) is 18.2 Å². The number of hydrogen-bond acceptors (Lipinski definition) is 6. The minimum Gasteiger partial charge on any atom is -0.327 e. The second-order valence-electron chi connectivity index (χ2n) is 5.84. The molecule has 1 unspecified atom stereocenters. The standard InChI is InChI=1S/C15H14ClF3N6O2S/c16-6-12(26)20-10-4-8(3-9(5-10)15(17,18)19)14(27)25-1-2-28-7-11(25)13-21-23-24-22-13/h3-5,11H,1-2,6-7H2,(H,20,26)(H,21,22,23,24). The van der Waals surface area contributed by atoms with Crippen LogP contribution in [0.4, 0.5) is 18.9 Å². The summed E-state index contributed by atoms with van der Waals surface area (Å²) in [4.78, 5) is 25.9. The zero-order valence-electron chi connectivity index (χ0n) is 14.2. The maximum absolute atomic E-state index is 13.3. The Labute approximate surface area is 166 Å². The summed E-state index contributed by atoms with van der Waals surface area (Å²) in [5, 5.41) is 15.8. The number of aromatic nitrogens is 4. The van der Waals surface area contributed by atoms with E-state index in [1.54, 1.807) is 11.8 Å². The third-order valence-corrected chi connectivity index (χ3v) is 5.23. The predicted molar refractivity (Wildman–Crippen MR) is 96.1 cm³/mol. The molecule has 1 aromatic heterocycles. The molecule has 2 aromatic rings. The SMILES string of the molecule is O=C(CCl)Nc1cc(C(=O)N2CCSCC2c2nn[nH]n2)cc(C(F)(F)F)c1. The van der Waals surface area contributed by atoms with Crippen molar-refractivity contribution in [3.05, 3.63) is 35.2 Å². The van der Waals surface area contributed by atoms with Crippen molar-refractivity contribution in [2.75, 3.05) is 29.2 Å². The van der Waals surface area contributed by atoms with Gasteiger partial charge in [-0.25, -0.2) is 0 Å². The largest absolute Gasteiger partial charge is 0.416 e. The summed E-state index contributed by atoms with van der Waals surface area (Å²) in [7, 11) is 0. The molecule has 1 aliphatic rings. The Morgan fingerprint density at radius 2 is 2.14 bits per heavy atom. The molecule has 150 valence electrons. The normalized spacial score (nSPS) is 17.4. The summed E-state index contributed by atoms with van der Waals surface area (Å²) in [6, 6.07) is 2.18. The number of nitrogens with zero attached hydrogens (tertiary/aromatic N) is 4. The summed E-state index contributed by atoms with van der Waals surface area (Å²) in [5.74, 6) is -0.346. The van der Waals surface area contributed by atoms with Crippen LogP contribution in [-0.2, 0) is 11.0 Å². The summed E-state index contributed by atoms with van der Waals surface area (Å²) in [6.45, 7) is 0.308. The van der Waals surface area contributed by atoms with Crippen LogP contribution < -0.4 is 5.32 Å². The molecule has 2 heterocycles. The third-order valence-electron chi connectivity index (χ3n) is 3.96. The first kappa shape index (κ1) is 20.4. The van der Waals surface area contributed by atoms with E-state index in [0.29, 0.717) is 18.1 Å². The molecule has 2 N–H and O–H groups in total. The average molecular weight is 435 g/mol. The van der Waals surface area contributed by atoms with Crippen molar-refractivity contribution in [2.24, 2.45) is 0 Å². The van der Waals surface area contributed by atoms with Gasteiger partial charge < -0.3 is 10.2 Å². The van der Waals surface area contributed by atoms with Gasteiger partial charge in [-0.2, -0.15) is 30.1 Å². The molecule has 1 fully saturated rings. The van der Waals surface area contributed by atoms with Gasteiger partial charge in [0.15, 0.2) is 5.82 Å². The summed E-state index contributed by atoms with van der Waals surface area (Å²) in [5.41, 5.74) is -1.42. The van der Waals surface area contributed by atoms with Crippen LogP contribution in [0, 0.1) is 0 Å². The number of tetrazole rings is 1. The zero-order chi connectivity index (χ0) is 20.3. The van der Waals surface area contributed by atoms with E-state index in [4.69, 9.17) is 11.6 Å². The van der Waals surface area contributed by atoms with Gasteiger partial charge in [-0.15, -0.1) is 21.8 Å². The van der Waals surface area contributed by atoms with Crippen molar-refractivity contribution >= 4 is 40.9 Å². The van der Waals surface area contributed by atoms with Gasteiger partial charge in [0.25, 0.3) is 5.91 Å². The maximum atomic E-state index is 13.3. The molecule has 1 saturated heterocycles. The number of carbonyl (C=O) groups is 2. The Kier molecular flexibility index (Phi) is 6.08. The first-order valence-electron chi connectivity index (χ1n) is 7.99. The van der Waals surface area contributed by atoms with Crippen molar-refractivity contribution in [2.45, 2.75) is 12.2 Å². The fourth-order valence-corrected chi connectivity index (χ4v) is 3.83. The highest BCUT2D eigenvalue weighted by Gasteiger charge is 2.35. The predicted octanol–water partition coefficient (Wildman–Crippen LogP) is 2.33. The number of halogens is 4. The number of benzene rings is 1. The summed E-state index contributed by atoms with van der Waals surface area (Å²) < 4.78 is 39.8.